The minimum atomic E-state index is -0.475. The molecule has 0 aliphatic heterocycles. The van der Waals surface area contributed by atoms with E-state index in [9.17, 15) is 9.59 Å². The lowest BCUT2D eigenvalue weighted by molar-refractivity contribution is 0.0518. The van der Waals surface area contributed by atoms with Crippen LogP contribution in [0.15, 0.2) is 29.1 Å². The summed E-state index contributed by atoms with van der Waals surface area (Å²) in [6.45, 7) is 3.88. The van der Waals surface area contributed by atoms with E-state index < -0.39 is 5.97 Å². The molecule has 1 N–H and O–H groups in total. The second-order valence-corrected chi connectivity index (χ2v) is 3.93. The van der Waals surface area contributed by atoms with E-state index in [-0.39, 0.29) is 17.7 Å². The van der Waals surface area contributed by atoms with E-state index in [2.05, 4.69) is 4.98 Å². The molecule has 0 aliphatic carbocycles. The lowest BCUT2D eigenvalue weighted by atomic mass is 10.1. The maximum Gasteiger partial charge on any atom is 0.355 e. The Hall–Kier alpha value is -2.10. The fourth-order valence-corrected chi connectivity index (χ4v) is 1.99. The molecule has 4 nitrogen and oxygen atoms in total. The summed E-state index contributed by atoms with van der Waals surface area (Å²) in [7, 11) is 0. The Morgan fingerprint density at radius 3 is 2.67 bits per heavy atom. The third-order valence-corrected chi connectivity index (χ3v) is 2.84. The second kappa shape index (κ2) is 5.04. The minimum absolute atomic E-state index is 0.102. The van der Waals surface area contributed by atoms with Gasteiger partial charge in [0.25, 0.3) is 0 Å². The van der Waals surface area contributed by atoms with Gasteiger partial charge in [0.2, 0.25) is 0 Å². The Balaban J connectivity index is 2.73. The van der Waals surface area contributed by atoms with Gasteiger partial charge < -0.3 is 9.72 Å². The van der Waals surface area contributed by atoms with Gasteiger partial charge in [0.05, 0.1) is 6.61 Å². The Bertz CT molecular complexity index is 643. The molecule has 94 valence electrons. The molecule has 1 heterocycles. The molecular formula is C14H15NO3. The molecule has 0 atom stereocenters. The van der Waals surface area contributed by atoms with Gasteiger partial charge in [-0.1, -0.05) is 19.1 Å². The molecule has 0 spiro atoms. The van der Waals surface area contributed by atoms with E-state index in [1.165, 1.54) is 0 Å². The number of fused-ring (bicyclic) bond motifs is 1. The Kier molecular flexibility index (Phi) is 3.46. The van der Waals surface area contributed by atoms with Crippen LogP contribution in [0.25, 0.3) is 10.9 Å². The molecule has 18 heavy (non-hydrogen) atoms. The van der Waals surface area contributed by atoms with Crippen molar-refractivity contribution in [2.75, 3.05) is 6.61 Å². The molecule has 0 fully saturated rings. The van der Waals surface area contributed by atoms with Crippen molar-refractivity contribution in [2.45, 2.75) is 20.3 Å². The van der Waals surface area contributed by atoms with Crippen molar-refractivity contribution in [1.29, 1.82) is 0 Å². The summed E-state index contributed by atoms with van der Waals surface area (Å²) in [4.78, 5) is 27.1. The number of para-hydroxylation sites is 1. The first-order valence-corrected chi connectivity index (χ1v) is 6.00. The molecule has 2 aromatic rings. The Morgan fingerprint density at radius 2 is 2.00 bits per heavy atom. The van der Waals surface area contributed by atoms with Gasteiger partial charge in [0, 0.05) is 16.5 Å². The molecule has 0 saturated carbocycles. The first-order chi connectivity index (χ1) is 8.69. The average molecular weight is 245 g/mol. The van der Waals surface area contributed by atoms with Crippen molar-refractivity contribution < 1.29 is 9.53 Å². The summed E-state index contributed by atoms with van der Waals surface area (Å²) < 4.78 is 4.97. The number of carbonyl (C=O) groups excluding carboxylic acids is 1. The van der Waals surface area contributed by atoms with Gasteiger partial charge >= 0.3 is 5.97 Å². The first kappa shape index (κ1) is 12.4. The van der Waals surface area contributed by atoms with Crippen LogP contribution < -0.4 is 5.43 Å². The van der Waals surface area contributed by atoms with Crippen molar-refractivity contribution in [3.63, 3.8) is 0 Å². The van der Waals surface area contributed by atoms with Crippen LogP contribution in [-0.2, 0) is 11.2 Å². The quantitative estimate of drug-likeness (QED) is 0.844. The van der Waals surface area contributed by atoms with Crippen LogP contribution in [0.1, 0.15) is 29.9 Å². The van der Waals surface area contributed by atoms with Gasteiger partial charge in [-0.05, 0) is 25.5 Å². The van der Waals surface area contributed by atoms with Gasteiger partial charge in [0.1, 0.15) is 5.69 Å². The van der Waals surface area contributed by atoms with Gasteiger partial charge in [-0.3, -0.25) is 4.79 Å². The largest absolute Gasteiger partial charge is 0.461 e. The van der Waals surface area contributed by atoms with Gasteiger partial charge in [-0.2, -0.15) is 0 Å². The average Bonchev–Trinajstić information content (AvgIpc) is 2.39. The summed E-state index contributed by atoms with van der Waals surface area (Å²) >= 11 is 0. The topological polar surface area (TPSA) is 59.2 Å². The Morgan fingerprint density at radius 1 is 1.28 bits per heavy atom. The highest BCUT2D eigenvalue weighted by Crippen LogP contribution is 2.12. The minimum Gasteiger partial charge on any atom is -0.461 e. The fraction of sp³-hybridized carbons (Fsp3) is 0.286. The highest BCUT2D eigenvalue weighted by Gasteiger charge is 2.17. The maximum absolute atomic E-state index is 12.3. The molecule has 0 bridgehead atoms. The van der Waals surface area contributed by atoms with E-state index in [4.69, 9.17) is 4.74 Å². The highest BCUT2D eigenvalue weighted by atomic mass is 16.5. The lowest BCUT2D eigenvalue weighted by Gasteiger charge is -2.08. The predicted octanol–water partition coefficient (Wildman–Crippen LogP) is 2.27. The summed E-state index contributed by atoms with van der Waals surface area (Å²) in [5.41, 5.74) is 1.30. The van der Waals surface area contributed by atoms with E-state index in [0.717, 1.165) is 0 Å². The number of nitrogens with one attached hydrogen (secondary N) is 1. The first-order valence-electron chi connectivity index (χ1n) is 6.00. The van der Waals surface area contributed by atoms with Crippen LogP contribution >= 0.6 is 0 Å². The molecule has 1 aromatic carbocycles. The maximum atomic E-state index is 12.3. The van der Waals surface area contributed by atoms with Crippen LogP contribution in [0.4, 0.5) is 0 Å². The van der Waals surface area contributed by atoms with Crippen molar-refractivity contribution in [3.8, 4) is 0 Å². The molecule has 2 rings (SSSR count). The number of aromatic amines is 1. The summed E-state index contributed by atoms with van der Waals surface area (Å²) in [6.07, 6.45) is 0.494. The van der Waals surface area contributed by atoms with E-state index in [1.807, 2.05) is 13.0 Å². The zero-order valence-electron chi connectivity index (χ0n) is 10.4. The molecule has 4 heteroatoms. The van der Waals surface area contributed by atoms with Crippen LogP contribution in [0.2, 0.25) is 0 Å². The number of pyridine rings is 1. The molecule has 0 saturated heterocycles. The number of rotatable bonds is 3. The van der Waals surface area contributed by atoms with Crippen molar-refractivity contribution in [2.24, 2.45) is 0 Å². The highest BCUT2D eigenvalue weighted by molar-refractivity contribution is 5.92. The predicted molar refractivity (Wildman–Crippen MR) is 69.9 cm³/mol. The van der Waals surface area contributed by atoms with E-state index >= 15 is 0 Å². The standard InChI is InChI=1S/C14H15NO3/c1-3-9-12(14(17)18-4-2)15-11-8-6-5-7-10(11)13(9)16/h5-8H,3-4H2,1-2H3,(H,15,16). The third-order valence-electron chi connectivity index (χ3n) is 2.84. The smallest absolute Gasteiger partial charge is 0.355 e. The van der Waals surface area contributed by atoms with Crippen LogP contribution in [0.5, 0.6) is 0 Å². The van der Waals surface area contributed by atoms with Crippen molar-refractivity contribution in [1.82, 2.24) is 4.98 Å². The SMILES string of the molecule is CCOC(=O)c1[nH]c2ccccc2c(=O)c1CC. The van der Waals surface area contributed by atoms with Gasteiger partial charge in [-0.15, -0.1) is 0 Å². The molecule has 0 aliphatic rings. The Labute approximate surface area is 105 Å². The summed E-state index contributed by atoms with van der Waals surface area (Å²) in [5.74, 6) is -0.475. The van der Waals surface area contributed by atoms with E-state index in [1.54, 1.807) is 25.1 Å². The number of benzene rings is 1. The zero-order chi connectivity index (χ0) is 13.1. The molecule has 0 radical (unpaired) electrons. The number of hydrogen-bond acceptors (Lipinski definition) is 3. The third kappa shape index (κ3) is 2.01. The van der Waals surface area contributed by atoms with Gasteiger partial charge in [0.15, 0.2) is 5.43 Å². The molecule has 0 amide bonds. The molecule has 0 unspecified atom stereocenters. The zero-order valence-corrected chi connectivity index (χ0v) is 10.4. The number of carbonyl (C=O) groups is 1. The summed E-state index contributed by atoms with van der Waals surface area (Å²) in [5, 5.41) is 0.599. The van der Waals surface area contributed by atoms with Crippen LogP contribution in [0, 0.1) is 0 Å². The second-order valence-electron chi connectivity index (χ2n) is 3.93. The summed E-state index contributed by atoms with van der Waals surface area (Å²) in [6, 6.07) is 7.15. The fourth-order valence-electron chi connectivity index (χ4n) is 1.99. The van der Waals surface area contributed by atoms with Gasteiger partial charge in [-0.25, -0.2) is 4.79 Å². The number of aromatic nitrogens is 1. The number of esters is 1. The monoisotopic (exact) mass is 245 g/mol. The van der Waals surface area contributed by atoms with E-state index in [0.29, 0.717) is 22.9 Å². The van der Waals surface area contributed by atoms with Crippen molar-refractivity contribution in [3.05, 3.63) is 45.7 Å². The van der Waals surface area contributed by atoms with Crippen LogP contribution in [-0.4, -0.2) is 17.6 Å². The normalized spacial score (nSPS) is 10.6. The lowest BCUT2D eigenvalue weighted by Crippen LogP contribution is -2.19. The van der Waals surface area contributed by atoms with Crippen molar-refractivity contribution >= 4 is 16.9 Å². The number of hydrogen-bond donors (Lipinski definition) is 1. The molecular weight excluding hydrogens is 230 g/mol. The molecule has 1 aromatic heterocycles. The number of H-pyrrole nitrogens is 1. The van der Waals surface area contributed by atoms with Crippen LogP contribution in [0.3, 0.4) is 0 Å². The number of ether oxygens (including phenoxy) is 1.